The van der Waals surface area contributed by atoms with Crippen molar-refractivity contribution < 1.29 is 28.6 Å². The molecule has 2 heterocycles. The highest BCUT2D eigenvalue weighted by molar-refractivity contribution is 6.39. The normalized spacial score (nSPS) is 14.3. The predicted molar refractivity (Wildman–Crippen MR) is 122 cm³/mol. The molecule has 9 heteroatoms. The third kappa shape index (κ3) is 5.57. The van der Waals surface area contributed by atoms with Gasteiger partial charge in [0.1, 0.15) is 22.8 Å². The number of amides is 2. The number of aliphatic hydroxyl groups is 1. The fourth-order valence-electron chi connectivity index (χ4n) is 3.09. The summed E-state index contributed by atoms with van der Waals surface area (Å²) in [4.78, 5) is 40.4. The molecule has 0 spiro atoms. The van der Waals surface area contributed by atoms with E-state index in [1.807, 2.05) is 19.9 Å². The number of aliphatic imine (C=N–C) groups is 1. The summed E-state index contributed by atoms with van der Waals surface area (Å²) in [7, 11) is 0. The standard InChI is InChI=1S/C24H25N3O6/c1-5-32-24(31)20-15(4)26-19(21(20)28)11-17-8-9-18(33-17)12-25-22(29)23(30)27-16-7-6-13(2)14(3)10-16/h6-11,28H,5,12H2,1-4H3,(H,25,29)(H,27,30). The smallest absolute Gasteiger partial charge is 0.343 e. The van der Waals surface area contributed by atoms with Gasteiger partial charge in [0, 0.05) is 11.8 Å². The lowest BCUT2D eigenvalue weighted by atomic mass is 10.1. The highest BCUT2D eigenvalue weighted by Crippen LogP contribution is 2.27. The number of carbonyl (C=O) groups is 3. The van der Waals surface area contributed by atoms with E-state index < -0.39 is 17.8 Å². The maximum absolute atomic E-state index is 12.1. The maximum atomic E-state index is 12.1. The van der Waals surface area contributed by atoms with E-state index in [1.54, 1.807) is 38.1 Å². The largest absolute Gasteiger partial charge is 0.505 e. The molecule has 0 bridgehead atoms. The number of carbonyl (C=O) groups excluding carboxylic acids is 3. The van der Waals surface area contributed by atoms with Crippen molar-refractivity contribution >= 4 is 35.3 Å². The summed E-state index contributed by atoms with van der Waals surface area (Å²) in [5, 5.41) is 15.4. The molecule has 0 fully saturated rings. The number of hydrogen-bond acceptors (Lipinski definition) is 7. The Labute approximate surface area is 190 Å². The quantitative estimate of drug-likeness (QED) is 0.456. The van der Waals surface area contributed by atoms with E-state index in [0.717, 1.165) is 11.1 Å². The molecule has 1 aliphatic rings. The van der Waals surface area contributed by atoms with Gasteiger partial charge in [-0.25, -0.2) is 9.79 Å². The molecule has 0 unspecified atom stereocenters. The molecule has 1 aromatic carbocycles. The number of nitrogens with zero attached hydrogens (tertiary/aromatic N) is 1. The summed E-state index contributed by atoms with van der Waals surface area (Å²) in [6.45, 7) is 7.30. The van der Waals surface area contributed by atoms with Crippen LogP contribution in [-0.2, 0) is 25.7 Å². The molecular formula is C24H25N3O6. The third-order valence-corrected chi connectivity index (χ3v) is 4.96. The number of ether oxygens (including phenoxy) is 1. The lowest BCUT2D eigenvalue weighted by Crippen LogP contribution is -2.34. The van der Waals surface area contributed by atoms with Crippen LogP contribution < -0.4 is 10.6 Å². The van der Waals surface area contributed by atoms with E-state index in [-0.39, 0.29) is 30.2 Å². The fourth-order valence-corrected chi connectivity index (χ4v) is 3.09. The summed E-state index contributed by atoms with van der Waals surface area (Å²) in [5.74, 6) is -1.80. The van der Waals surface area contributed by atoms with Crippen LogP contribution in [0.1, 0.15) is 36.5 Å². The van der Waals surface area contributed by atoms with Gasteiger partial charge in [-0.2, -0.15) is 0 Å². The Morgan fingerprint density at radius 2 is 1.85 bits per heavy atom. The third-order valence-electron chi connectivity index (χ3n) is 4.96. The zero-order valence-electron chi connectivity index (χ0n) is 18.8. The number of aryl methyl sites for hydroxylation is 2. The lowest BCUT2D eigenvalue weighted by molar-refractivity contribution is -0.138. The number of esters is 1. The first kappa shape index (κ1) is 23.5. The predicted octanol–water partition coefficient (Wildman–Crippen LogP) is 3.34. The number of furan rings is 1. The Balaban J connectivity index is 1.61. The zero-order valence-corrected chi connectivity index (χ0v) is 18.8. The summed E-state index contributed by atoms with van der Waals surface area (Å²) >= 11 is 0. The Morgan fingerprint density at radius 3 is 2.55 bits per heavy atom. The highest BCUT2D eigenvalue weighted by atomic mass is 16.5. The second-order valence-electron chi connectivity index (χ2n) is 7.41. The van der Waals surface area contributed by atoms with Gasteiger partial charge in [0.15, 0.2) is 5.76 Å². The molecule has 1 aliphatic heterocycles. The van der Waals surface area contributed by atoms with Crippen molar-refractivity contribution in [3.8, 4) is 0 Å². The summed E-state index contributed by atoms with van der Waals surface area (Å²) in [6, 6.07) is 8.61. The van der Waals surface area contributed by atoms with Crippen LogP contribution in [0.2, 0.25) is 0 Å². The first-order chi connectivity index (χ1) is 15.7. The van der Waals surface area contributed by atoms with Gasteiger partial charge in [-0.15, -0.1) is 0 Å². The minimum absolute atomic E-state index is 0.0110. The Hall–Kier alpha value is -4.14. The number of anilines is 1. The van der Waals surface area contributed by atoms with Gasteiger partial charge in [0.2, 0.25) is 0 Å². The van der Waals surface area contributed by atoms with Crippen molar-refractivity contribution in [2.24, 2.45) is 4.99 Å². The van der Waals surface area contributed by atoms with Crippen LogP contribution >= 0.6 is 0 Å². The van der Waals surface area contributed by atoms with Gasteiger partial charge in [0.05, 0.1) is 18.9 Å². The number of aliphatic hydroxyl groups excluding tert-OH is 1. The summed E-state index contributed by atoms with van der Waals surface area (Å²) in [5.41, 5.74) is 3.13. The van der Waals surface area contributed by atoms with Crippen LogP contribution in [0.3, 0.4) is 0 Å². The van der Waals surface area contributed by atoms with E-state index in [2.05, 4.69) is 15.6 Å². The van der Waals surface area contributed by atoms with Gasteiger partial charge in [-0.3, -0.25) is 9.59 Å². The topological polar surface area (TPSA) is 130 Å². The SMILES string of the molecule is CCOC(=O)C1=C(O)C(=Cc2ccc(CNC(=O)C(=O)Nc3ccc(C)c(C)c3)o2)N=C1C. The first-order valence-corrected chi connectivity index (χ1v) is 10.3. The van der Waals surface area contributed by atoms with Crippen molar-refractivity contribution in [1.29, 1.82) is 0 Å². The zero-order chi connectivity index (χ0) is 24.1. The van der Waals surface area contributed by atoms with Gasteiger partial charge in [0.25, 0.3) is 0 Å². The van der Waals surface area contributed by atoms with Crippen LogP contribution in [-0.4, -0.2) is 35.2 Å². The second-order valence-corrected chi connectivity index (χ2v) is 7.41. The lowest BCUT2D eigenvalue weighted by Gasteiger charge is -2.07. The molecule has 33 heavy (non-hydrogen) atoms. The van der Waals surface area contributed by atoms with Crippen LogP contribution in [0.25, 0.3) is 6.08 Å². The van der Waals surface area contributed by atoms with Crippen molar-refractivity contribution in [3.05, 3.63) is 70.0 Å². The summed E-state index contributed by atoms with van der Waals surface area (Å²) < 4.78 is 10.5. The molecule has 0 aliphatic carbocycles. The van der Waals surface area contributed by atoms with Crippen molar-refractivity contribution in [2.75, 3.05) is 11.9 Å². The average molecular weight is 451 g/mol. The molecule has 3 N–H and O–H groups in total. The molecule has 9 nitrogen and oxygen atoms in total. The van der Waals surface area contributed by atoms with E-state index >= 15 is 0 Å². The Bertz CT molecular complexity index is 1200. The highest BCUT2D eigenvalue weighted by Gasteiger charge is 2.27. The van der Waals surface area contributed by atoms with E-state index in [0.29, 0.717) is 22.9 Å². The number of nitrogens with one attached hydrogen (secondary N) is 2. The first-order valence-electron chi connectivity index (χ1n) is 10.3. The minimum Gasteiger partial charge on any atom is -0.505 e. The molecule has 2 amide bonds. The summed E-state index contributed by atoms with van der Waals surface area (Å²) in [6.07, 6.45) is 1.46. The van der Waals surface area contributed by atoms with Crippen LogP contribution in [0.4, 0.5) is 5.69 Å². The molecular weight excluding hydrogens is 426 g/mol. The molecule has 0 atom stereocenters. The van der Waals surface area contributed by atoms with E-state index in [4.69, 9.17) is 9.15 Å². The molecule has 0 radical (unpaired) electrons. The number of benzene rings is 1. The van der Waals surface area contributed by atoms with Gasteiger partial charge in [-0.05, 0) is 63.1 Å². The Kier molecular flexibility index (Phi) is 7.12. The van der Waals surface area contributed by atoms with Crippen LogP contribution in [0.15, 0.2) is 56.8 Å². The van der Waals surface area contributed by atoms with E-state index in [1.165, 1.54) is 6.08 Å². The number of rotatable bonds is 6. The number of hydrogen-bond donors (Lipinski definition) is 3. The average Bonchev–Trinajstić information content (AvgIpc) is 3.32. The van der Waals surface area contributed by atoms with Gasteiger partial charge >= 0.3 is 17.8 Å². The van der Waals surface area contributed by atoms with Crippen molar-refractivity contribution in [3.63, 3.8) is 0 Å². The van der Waals surface area contributed by atoms with E-state index in [9.17, 15) is 19.5 Å². The van der Waals surface area contributed by atoms with Crippen LogP contribution in [0, 0.1) is 13.8 Å². The van der Waals surface area contributed by atoms with Crippen molar-refractivity contribution in [2.45, 2.75) is 34.2 Å². The molecule has 2 aromatic rings. The maximum Gasteiger partial charge on any atom is 0.343 e. The minimum atomic E-state index is -0.805. The van der Waals surface area contributed by atoms with Gasteiger partial charge in [-0.1, -0.05) is 6.07 Å². The van der Waals surface area contributed by atoms with Crippen molar-refractivity contribution in [1.82, 2.24) is 5.32 Å². The molecule has 1 aromatic heterocycles. The molecule has 0 saturated heterocycles. The molecule has 0 saturated carbocycles. The second kappa shape index (κ2) is 9.99. The Morgan fingerprint density at radius 1 is 1.09 bits per heavy atom. The monoisotopic (exact) mass is 451 g/mol. The van der Waals surface area contributed by atoms with Gasteiger partial charge < -0.3 is 24.9 Å². The fraction of sp³-hybridized carbons (Fsp3) is 0.250. The molecule has 172 valence electrons. The molecule has 3 rings (SSSR count). The van der Waals surface area contributed by atoms with Crippen LogP contribution in [0.5, 0.6) is 0 Å².